The van der Waals surface area contributed by atoms with Crippen LogP contribution in [0.2, 0.25) is 0 Å². The second kappa shape index (κ2) is 6.39. The molecule has 0 amide bonds. The van der Waals surface area contributed by atoms with Gasteiger partial charge in [0.1, 0.15) is 0 Å². The number of rotatable bonds is 5. The molecule has 4 N–H and O–H groups in total. The highest BCUT2D eigenvalue weighted by Gasteiger charge is 2.13. The first-order valence-corrected chi connectivity index (χ1v) is 6.63. The zero-order valence-electron chi connectivity index (χ0n) is 11.9. The van der Waals surface area contributed by atoms with Gasteiger partial charge in [-0.05, 0) is 43.2 Å². The minimum absolute atomic E-state index is 0.207. The van der Waals surface area contributed by atoms with Gasteiger partial charge in [-0.15, -0.1) is 0 Å². The Morgan fingerprint density at radius 1 is 1.10 bits per heavy atom. The first kappa shape index (κ1) is 15.0. The molecule has 0 saturated carbocycles. The number of anilines is 2. The van der Waals surface area contributed by atoms with Gasteiger partial charge in [0.25, 0.3) is 0 Å². The lowest BCUT2D eigenvalue weighted by atomic mass is 10.0. The normalized spacial score (nSPS) is 12.0. The highest BCUT2D eigenvalue weighted by molar-refractivity contribution is 5.95. The van der Waals surface area contributed by atoms with Gasteiger partial charge in [0, 0.05) is 5.69 Å². The lowest BCUT2D eigenvalue weighted by molar-refractivity contribution is 0.0698. The van der Waals surface area contributed by atoms with E-state index in [1.54, 1.807) is 24.3 Å². The van der Waals surface area contributed by atoms with Gasteiger partial charge in [0.2, 0.25) is 0 Å². The van der Waals surface area contributed by atoms with Gasteiger partial charge in [0.05, 0.1) is 17.3 Å². The fraction of sp³-hybridized carbons (Fsp3) is 0.188. The molecule has 1 unspecified atom stereocenters. The van der Waals surface area contributed by atoms with Gasteiger partial charge in [-0.3, -0.25) is 0 Å². The quantitative estimate of drug-likeness (QED) is 0.633. The second-order valence-electron chi connectivity index (χ2n) is 4.85. The van der Waals surface area contributed by atoms with Crippen molar-refractivity contribution in [1.29, 1.82) is 0 Å². The Bertz CT molecular complexity index is 656. The Morgan fingerprint density at radius 2 is 1.76 bits per heavy atom. The Hall–Kier alpha value is -2.37. The predicted molar refractivity (Wildman–Crippen MR) is 81.2 cm³/mol. The zero-order valence-corrected chi connectivity index (χ0v) is 11.9. The molecule has 1 atom stereocenters. The van der Waals surface area contributed by atoms with Crippen LogP contribution < -0.4 is 10.8 Å². The molecular weight excluding hydrogens is 268 g/mol. The minimum atomic E-state index is -0.975. The maximum Gasteiger partial charge on any atom is 0.337 e. The molecule has 0 aliphatic rings. The first-order chi connectivity index (χ1) is 10.0. The third-order valence-corrected chi connectivity index (χ3v) is 3.46. The summed E-state index contributed by atoms with van der Waals surface area (Å²) in [5, 5.41) is 21.4. The average molecular weight is 286 g/mol. The maximum absolute atomic E-state index is 11.2. The van der Waals surface area contributed by atoms with Crippen LogP contribution in [0.5, 0.6) is 0 Å². The fourth-order valence-electron chi connectivity index (χ4n) is 2.25. The van der Waals surface area contributed by atoms with E-state index < -0.39 is 5.97 Å². The summed E-state index contributed by atoms with van der Waals surface area (Å²) in [5.41, 5.74) is 5.68. The number of nitrogens with one attached hydrogen (secondary N) is 2. The minimum Gasteiger partial charge on any atom is -0.478 e. The van der Waals surface area contributed by atoms with E-state index in [0.29, 0.717) is 5.69 Å². The number of para-hydroxylation sites is 1. The van der Waals surface area contributed by atoms with E-state index in [2.05, 4.69) is 10.8 Å². The standard InChI is InChI=1S/C16H18N2O3/c1-10-12(11(2)18-21)7-5-9-14(10)17-15-8-4-3-6-13(15)16(19)20/h3-9,11,17-18,21H,1-2H3,(H,19,20). The van der Waals surface area contributed by atoms with Gasteiger partial charge in [0.15, 0.2) is 0 Å². The van der Waals surface area contributed by atoms with Crippen LogP contribution in [0.1, 0.15) is 34.5 Å². The molecular formula is C16H18N2O3. The van der Waals surface area contributed by atoms with Gasteiger partial charge < -0.3 is 15.6 Å². The molecule has 0 saturated heterocycles. The smallest absolute Gasteiger partial charge is 0.337 e. The molecule has 0 aliphatic carbocycles. The van der Waals surface area contributed by atoms with Crippen LogP contribution in [0.3, 0.4) is 0 Å². The summed E-state index contributed by atoms with van der Waals surface area (Å²) in [6.07, 6.45) is 0. The lowest BCUT2D eigenvalue weighted by Crippen LogP contribution is -2.15. The number of hydroxylamine groups is 1. The number of carboxylic acid groups (broad SMARTS) is 1. The van der Waals surface area contributed by atoms with Gasteiger partial charge >= 0.3 is 5.97 Å². The second-order valence-corrected chi connectivity index (χ2v) is 4.85. The molecule has 110 valence electrons. The highest BCUT2D eigenvalue weighted by atomic mass is 16.5. The van der Waals surface area contributed by atoms with Crippen LogP contribution in [0.15, 0.2) is 42.5 Å². The van der Waals surface area contributed by atoms with Crippen molar-refractivity contribution in [3.8, 4) is 0 Å². The summed E-state index contributed by atoms with van der Waals surface area (Å²) >= 11 is 0. The van der Waals surface area contributed by atoms with Crippen molar-refractivity contribution in [2.45, 2.75) is 19.9 Å². The Kier molecular flexibility index (Phi) is 4.57. The SMILES string of the molecule is Cc1c(Nc2ccccc2C(=O)O)cccc1C(C)NO. The van der Waals surface area contributed by atoms with Crippen molar-refractivity contribution in [2.75, 3.05) is 5.32 Å². The number of benzene rings is 2. The first-order valence-electron chi connectivity index (χ1n) is 6.63. The molecule has 0 aromatic heterocycles. The highest BCUT2D eigenvalue weighted by Crippen LogP contribution is 2.28. The third-order valence-electron chi connectivity index (χ3n) is 3.46. The summed E-state index contributed by atoms with van der Waals surface area (Å²) in [4.78, 5) is 11.2. The van der Waals surface area contributed by atoms with E-state index in [0.717, 1.165) is 16.8 Å². The van der Waals surface area contributed by atoms with E-state index in [4.69, 9.17) is 5.21 Å². The molecule has 5 heteroatoms. The molecule has 0 fully saturated rings. The van der Waals surface area contributed by atoms with Crippen molar-refractivity contribution in [2.24, 2.45) is 0 Å². The number of carbonyl (C=O) groups is 1. The number of carboxylic acids is 1. The molecule has 0 aliphatic heterocycles. The Labute approximate surface area is 123 Å². The molecule has 0 radical (unpaired) electrons. The van der Waals surface area contributed by atoms with Crippen LogP contribution in [0, 0.1) is 6.92 Å². The molecule has 0 heterocycles. The molecule has 2 rings (SSSR count). The summed E-state index contributed by atoms with van der Waals surface area (Å²) in [5.74, 6) is -0.975. The summed E-state index contributed by atoms with van der Waals surface area (Å²) in [7, 11) is 0. The lowest BCUT2D eigenvalue weighted by Gasteiger charge is -2.17. The van der Waals surface area contributed by atoms with Crippen LogP contribution >= 0.6 is 0 Å². The van der Waals surface area contributed by atoms with E-state index in [1.807, 2.05) is 32.0 Å². The van der Waals surface area contributed by atoms with Crippen molar-refractivity contribution in [3.05, 3.63) is 59.2 Å². The average Bonchev–Trinajstić information content (AvgIpc) is 2.49. The summed E-state index contributed by atoms with van der Waals surface area (Å²) < 4.78 is 0. The van der Waals surface area contributed by atoms with Gasteiger partial charge in [-0.2, -0.15) is 5.48 Å². The van der Waals surface area contributed by atoms with E-state index >= 15 is 0 Å². The number of hydrogen-bond donors (Lipinski definition) is 4. The molecule has 0 bridgehead atoms. The van der Waals surface area contributed by atoms with Crippen LogP contribution in [-0.4, -0.2) is 16.3 Å². The van der Waals surface area contributed by atoms with Crippen molar-refractivity contribution in [1.82, 2.24) is 5.48 Å². The predicted octanol–water partition coefficient (Wildman–Crippen LogP) is 3.48. The number of aromatic carboxylic acids is 1. The van der Waals surface area contributed by atoms with Crippen LogP contribution in [0.4, 0.5) is 11.4 Å². The Morgan fingerprint density at radius 3 is 2.43 bits per heavy atom. The van der Waals surface area contributed by atoms with Crippen molar-refractivity contribution in [3.63, 3.8) is 0 Å². The fourth-order valence-corrected chi connectivity index (χ4v) is 2.25. The van der Waals surface area contributed by atoms with E-state index in [-0.39, 0.29) is 11.6 Å². The molecule has 0 spiro atoms. The Balaban J connectivity index is 2.39. The van der Waals surface area contributed by atoms with Gasteiger partial charge in [-0.25, -0.2) is 4.79 Å². The van der Waals surface area contributed by atoms with Crippen LogP contribution in [0.25, 0.3) is 0 Å². The third kappa shape index (κ3) is 3.21. The maximum atomic E-state index is 11.2. The molecule has 21 heavy (non-hydrogen) atoms. The topological polar surface area (TPSA) is 81.6 Å². The van der Waals surface area contributed by atoms with E-state index in [9.17, 15) is 9.90 Å². The van der Waals surface area contributed by atoms with E-state index in [1.165, 1.54) is 0 Å². The zero-order chi connectivity index (χ0) is 15.4. The summed E-state index contributed by atoms with van der Waals surface area (Å²) in [6.45, 7) is 3.77. The summed E-state index contributed by atoms with van der Waals surface area (Å²) in [6, 6.07) is 12.2. The van der Waals surface area contributed by atoms with Crippen molar-refractivity contribution >= 4 is 17.3 Å². The van der Waals surface area contributed by atoms with Crippen molar-refractivity contribution < 1.29 is 15.1 Å². The molecule has 2 aromatic rings. The van der Waals surface area contributed by atoms with Gasteiger partial charge in [-0.1, -0.05) is 24.3 Å². The monoisotopic (exact) mass is 286 g/mol. The molecule has 5 nitrogen and oxygen atoms in total. The molecule has 2 aromatic carbocycles. The largest absolute Gasteiger partial charge is 0.478 e. The number of hydrogen-bond acceptors (Lipinski definition) is 4. The van der Waals surface area contributed by atoms with Crippen LogP contribution in [-0.2, 0) is 0 Å².